The van der Waals surface area contributed by atoms with Gasteiger partial charge >= 0.3 is 5.97 Å². The summed E-state index contributed by atoms with van der Waals surface area (Å²) in [6, 6.07) is 9.87. The third kappa shape index (κ3) is 21.8. The van der Waals surface area contributed by atoms with Crippen LogP contribution < -0.4 is 0 Å². The van der Waals surface area contributed by atoms with Gasteiger partial charge in [0.25, 0.3) is 0 Å². The molecular formula is C62H58O8. The number of carbonyl (C=O) groups is 1. The van der Waals surface area contributed by atoms with Gasteiger partial charge in [-0.05, 0) is 141 Å². The maximum absolute atomic E-state index is 13.3. The van der Waals surface area contributed by atoms with Gasteiger partial charge in [0.2, 0.25) is 0 Å². The van der Waals surface area contributed by atoms with Crippen molar-refractivity contribution in [2.24, 2.45) is 11.8 Å². The Morgan fingerprint density at radius 1 is 0.657 bits per heavy atom. The van der Waals surface area contributed by atoms with Crippen LogP contribution in [0.5, 0.6) is 0 Å². The summed E-state index contributed by atoms with van der Waals surface area (Å²) in [7, 11) is 0. The second kappa shape index (κ2) is 33.3. The van der Waals surface area contributed by atoms with E-state index in [1.165, 1.54) is 25.7 Å². The van der Waals surface area contributed by atoms with Gasteiger partial charge in [-0.1, -0.05) is 95.5 Å². The third-order valence-corrected chi connectivity index (χ3v) is 10.9. The maximum Gasteiger partial charge on any atom is 0.385 e. The van der Waals surface area contributed by atoms with E-state index in [0.29, 0.717) is 13.0 Å². The van der Waals surface area contributed by atoms with E-state index in [4.69, 9.17) is 33.2 Å². The SMILES string of the molecule is CC#CC#CC#CC#CC#CC#CC#CC#CC#CC#CC#CC#CC(=O)O[C@@H](COC1OC2COC(c3ccccc3)OC2C(C)C1C)[C@@H]1OC(C)(C)O[C@H]1CCCCCCC#CCCCCCC. The average Bonchev–Trinajstić information content (AvgIpc) is 3.68. The molecule has 0 spiro atoms. The van der Waals surface area contributed by atoms with Crippen molar-refractivity contribution in [1.82, 2.24) is 0 Å². The lowest BCUT2D eigenvalue weighted by atomic mass is 9.84. The Morgan fingerprint density at radius 3 is 1.74 bits per heavy atom. The minimum absolute atomic E-state index is 0.0232. The first-order valence-electron chi connectivity index (χ1n) is 23.8. The fraction of sp³-hybridized carbons (Fsp3) is 0.468. The van der Waals surface area contributed by atoms with Crippen molar-refractivity contribution in [3.8, 4) is 154 Å². The fourth-order valence-electron chi connectivity index (χ4n) is 7.40. The van der Waals surface area contributed by atoms with E-state index < -0.39 is 36.5 Å². The standard InChI is InChI=1S/C62H58O8/c1-7-9-11-13-15-17-19-21-22-23-24-25-26-27-28-29-30-31-33-35-37-39-44-48-57(63)66-56(59-54(69-62(5,6)70-59)47-43-38-36-34-32-20-18-16-14-12-10-8-2)50-64-60-52(4)51(3)58-55(67-60)49-65-61(68-58)53-45-41-40-42-46-53/h40-42,45-46,51-52,54-56,58-61H,8,10,12,14,16,32,34,36,38,43,47,49-50H2,1-6H3/t51?,52?,54-,55?,56-,58?,59+,60?,61?/m0/s1. The zero-order chi connectivity index (χ0) is 49.9. The number of ether oxygens (including phenoxy) is 7. The number of carbonyl (C=O) groups excluding carboxylic acids is 1. The van der Waals surface area contributed by atoms with E-state index >= 15 is 0 Å². The average molecular weight is 931 g/mol. The number of rotatable bonds is 16. The smallest absolute Gasteiger partial charge is 0.385 e. The first-order chi connectivity index (χ1) is 34.2. The van der Waals surface area contributed by atoms with Gasteiger partial charge in [-0.2, -0.15) is 0 Å². The lowest BCUT2D eigenvalue weighted by Gasteiger charge is -2.48. The summed E-state index contributed by atoms with van der Waals surface area (Å²) in [5, 5.41) is 0. The zero-order valence-electron chi connectivity index (χ0n) is 41.0. The minimum Gasteiger partial charge on any atom is -0.447 e. The molecule has 0 radical (unpaired) electrons. The molecule has 0 aromatic heterocycles. The number of hydrogen-bond acceptors (Lipinski definition) is 8. The molecule has 6 unspecified atom stereocenters. The van der Waals surface area contributed by atoms with Gasteiger partial charge in [0, 0.05) is 65.8 Å². The Hall–Kier alpha value is -7.27. The van der Waals surface area contributed by atoms with Crippen LogP contribution in [0.3, 0.4) is 0 Å². The van der Waals surface area contributed by atoms with E-state index in [9.17, 15) is 4.79 Å². The predicted molar refractivity (Wildman–Crippen MR) is 270 cm³/mol. The molecule has 3 fully saturated rings. The molecule has 0 aliphatic carbocycles. The van der Waals surface area contributed by atoms with E-state index in [2.05, 4.69) is 175 Å². The van der Waals surface area contributed by atoms with Crippen molar-refractivity contribution in [2.45, 2.75) is 161 Å². The van der Waals surface area contributed by atoms with Crippen LogP contribution in [0.25, 0.3) is 0 Å². The summed E-state index contributed by atoms with van der Waals surface area (Å²) in [4.78, 5) is 13.3. The predicted octanol–water partition coefficient (Wildman–Crippen LogP) is 7.92. The second-order valence-corrected chi connectivity index (χ2v) is 16.6. The van der Waals surface area contributed by atoms with Gasteiger partial charge in [-0.3, -0.25) is 0 Å². The van der Waals surface area contributed by atoms with Gasteiger partial charge < -0.3 is 33.2 Å². The fourth-order valence-corrected chi connectivity index (χ4v) is 7.40. The number of benzene rings is 1. The monoisotopic (exact) mass is 930 g/mol. The minimum atomic E-state index is -0.911. The molecule has 9 atom stereocenters. The molecule has 0 N–H and O–H groups in total. The normalized spacial score (nSPS) is 21.7. The van der Waals surface area contributed by atoms with Crippen LogP contribution in [0.15, 0.2) is 30.3 Å². The molecule has 8 nitrogen and oxygen atoms in total. The van der Waals surface area contributed by atoms with E-state index in [-0.39, 0.29) is 36.8 Å². The largest absolute Gasteiger partial charge is 0.447 e. The Balaban J connectivity index is 1.35. The molecule has 8 heteroatoms. The molecule has 1 aromatic carbocycles. The summed E-state index contributed by atoms with van der Waals surface area (Å²) in [5.41, 5.74) is 0.956. The number of unbranched alkanes of at least 4 members (excludes halogenated alkanes) is 8. The molecule has 3 saturated heterocycles. The highest BCUT2D eigenvalue weighted by Crippen LogP contribution is 2.40. The molecule has 0 saturated carbocycles. The first kappa shape index (κ1) is 55.3. The molecule has 3 aliphatic heterocycles. The van der Waals surface area contributed by atoms with Crippen molar-refractivity contribution >= 4 is 5.97 Å². The van der Waals surface area contributed by atoms with Crippen molar-refractivity contribution in [3.63, 3.8) is 0 Å². The quantitative estimate of drug-likeness (QED) is 0.0717. The molecule has 0 amide bonds. The van der Waals surface area contributed by atoms with Crippen molar-refractivity contribution in [2.75, 3.05) is 13.2 Å². The number of fused-ring (bicyclic) bond motifs is 1. The molecule has 1 aromatic rings. The molecule has 3 heterocycles. The molecule has 4 rings (SSSR count). The second-order valence-electron chi connectivity index (χ2n) is 16.6. The van der Waals surface area contributed by atoms with Gasteiger partial charge in [0.05, 0.1) is 25.4 Å². The molecule has 3 aliphatic rings. The van der Waals surface area contributed by atoms with Crippen molar-refractivity contribution in [3.05, 3.63) is 35.9 Å². The van der Waals surface area contributed by atoms with Gasteiger partial charge in [0.1, 0.15) is 12.2 Å². The van der Waals surface area contributed by atoms with Crippen LogP contribution in [-0.4, -0.2) is 61.8 Å². The lowest BCUT2D eigenvalue weighted by Crippen LogP contribution is -2.56. The third-order valence-electron chi connectivity index (χ3n) is 10.9. The molecule has 70 heavy (non-hydrogen) atoms. The van der Waals surface area contributed by atoms with Crippen LogP contribution in [0, 0.1) is 166 Å². The lowest BCUT2D eigenvalue weighted by molar-refractivity contribution is -0.344. The summed E-state index contributed by atoms with van der Waals surface area (Å²) >= 11 is 0. The molecular weight excluding hydrogens is 873 g/mol. The van der Waals surface area contributed by atoms with Crippen LogP contribution >= 0.6 is 0 Å². The number of esters is 1. The summed E-state index contributed by atoms with van der Waals surface area (Å²) in [6.07, 6.45) is 8.10. The maximum atomic E-state index is 13.3. The Morgan fingerprint density at radius 2 is 1.19 bits per heavy atom. The highest BCUT2D eigenvalue weighted by molar-refractivity contribution is 5.89. The topological polar surface area (TPSA) is 81.7 Å². The van der Waals surface area contributed by atoms with E-state index in [1.54, 1.807) is 6.92 Å². The first-order valence-corrected chi connectivity index (χ1v) is 23.8. The zero-order valence-corrected chi connectivity index (χ0v) is 41.0. The molecule has 0 bridgehead atoms. The Bertz CT molecular complexity index is 2770. The van der Waals surface area contributed by atoms with Crippen molar-refractivity contribution in [1.29, 1.82) is 0 Å². The summed E-state index contributed by atoms with van der Waals surface area (Å²) in [5.74, 6) is 65.9. The molecule has 354 valence electrons. The summed E-state index contributed by atoms with van der Waals surface area (Å²) < 4.78 is 44.3. The highest BCUT2D eigenvalue weighted by Gasteiger charge is 2.49. The van der Waals surface area contributed by atoms with Crippen LogP contribution in [0.4, 0.5) is 0 Å². The van der Waals surface area contributed by atoms with Gasteiger partial charge in [-0.15, -0.1) is 11.8 Å². The highest BCUT2D eigenvalue weighted by atomic mass is 16.8. The van der Waals surface area contributed by atoms with Gasteiger partial charge in [0.15, 0.2) is 24.5 Å². The Kier molecular flexibility index (Phi) is 26.3. The van der Waals surface area contributed by atoms with Crippen molar-refractivity contribution < 1.29 is 38.0 Å². The number of hydrogen-bond donors (Lipinski definition) is 0. The van der Waals surface area contributed by atoms with Crippen LogP contribution in [-0.2, 0) is 38.0 Å². The summed E-state index contributed by atoms with van der Waals surface area (Å²) in [6.45, 7) is 12.2. The van der Waals surface area contributed by atoms with Crippen LogP contribution in [0.1, 0.15) is 124 Å². The van der Waals surface area contributed by atoms with Crippen LogP contribution in [0.2, 0.25) is 0 Å². The van der Waals surface area contributed by atoms with E-state index in [1.807, 2.05) is 44.2 Å². The Labute approximate surface area is 418 Å². The van der Waals surface area contributed by atoms with Gasteiger partial charge in [-0.25, -0.2) is 4.79 Å². The van der Waals surface area contributed by atoms with E-state index in [0.717, 1.165) is 44.1 Å².